The zero-order chi connectivity index (χ0) is 14.7. The third-order valence-corrected chi connectivity index (χ3v) is 3.22. The van der Waals surface area contributed by atoms with Crippen LogP contribution in [0.5, 0.6) is 0 Å². The molecule has 0 radical (unpaired) electrons. The van der Waals surface area contributed by atoms with Crippen LogP contribution in [0.15, 0.2) is 41.5 Å². The van der Waals surface area contributed by atoms with Gasteiger partial charge in [0.15, 0.2) is 0 Å². The van der Waals surface area contributed by atoms with E-state index in [4.69, 9.17) is 0 Å². The van der Waals surface area contributed by atoms with Crippen LogP contribution in [0.1, 0.15) is 25.5 Å². The average Bonchev–Trinajstić information content (AvgIpc) is 2.78. The molecule has 106 valence electrons. The number of non-ortho nitro benzene ring substituents is 1. The van der Waals surface area contributed by atoms with Crippen LogP contribution >= 0.6 is 0 Å². The quantitative estimate of drug-likeness (QED) is 0.621. The Labute approximate surface area is 116 Å². The number of hydrogen-bond acceptors (Lipinski definition) is 3. The lowest BCUT2D eigenvalue weighted by atomic mass is 10.1. The zero-order valence-corrected chi connectivity index (χ0v) is 11.5. The summed E-state index contributed by atoms with van der Waals surface area (Å²) < 4.78 is 3.33. The smallest absolute Gasteiger partial charge is 0.299 e. The molecule has 0 amide bonds. The van der Waals surface area contributed by atoms with E-state index in [-0.39, 0.29) is 17.4 Å². The van der Waals surface area contributed by atoms with Gasteiger partial charge in [-0.25, -0.2) is 4.79 Å². The first-order valence-electron chi connectivity index (χ1n) is 6.49. The molecular formula is C14H17N3O3. The summed E-state index contributed by atoms with van der Waals surface area (Å²) in [6, 6.07) is 6.56. The Hall–Kier alpha value is -2.37. The van der Waals surface area contributed by atoms with Gasteiger partial charge in [0.1, 0.15) is 0 Å². The number of benzene rings is 1. The number of aryl methyl sites for hydroxylation is 2. The summed E-state index contributed by atoms with van der Waals surface area (Å²) >= 11 is 0. The summed E-state index contributed by atoms with van der Waals surface area (Å²) in [5.74, 6) is 0. The molecule has 1 heterocycles. The Morgan fingerprint density at radius 3 is 2.35 bits per heavy atom. The Kier molecular flexibility index (Phi) is 4.02. The first-order valence-corrected chi connectivity index (χ1v) is 6.49. The lowest BCUT2D eigenvalue weighted by molar-refractivity contribution is -0.384. The first-order chi connectivity index (χ1) is 9.49. The van der Waals surface area contributed by atoms with Crippen LogP contribution in [-0.4, -0.2) is 14.1 Å². The summed E-state index contributed by atoms with van der Waals surface area (Å²) in [6.07, 6.45) is 4.22. The Bertz CT molecular complexity index is 653. The molecule has 0 saturated heterocycles. The predicted molar refractivity (Wildman–Crippen MR) is 75.9 cm³/mol. The molecule has 0 atom stereocenters. The molecule has 0 aliphatic carbocycles. The SMILES string of the molecule is CC(C)n1ccn(CCc2ccc([N+](=O)[O-])cc2)c1=O. The van der Waals surface area contributed by atoms with E-state index in [1.165, 1.54) is 12.1 Å². The highest BCUT2D eigenvalue weighted by atomic mass is 16.6. The number of rotatable bonds is 5. The van der Waals surface area contributed by atoms with Crippen molar-refractivity contribution in [3.05, 3.63) is 62.8 Å². The third-order valence-electron chi connectivity index (χ3n) is 3.22. The van der Waals surface area contributed by atoms with Crippen molar-refractivity contribution in [3.8, 4) is 0 Å². The van der Waals surface area contributed by atoms with Crippen LogP contribution in [0.2, 0.25) is 0 Å². The normalized spacial score (nSPS) is 10.9. The fraction of sp³-hybridized carbons (Fsp3) is 0.357. The highest BCUT2D eigenvalue weighted by molar-refractivity contribution is 5.32. The molecule has 0 unspecified atom stereocenters. The van der Waals surface area contributed by atoms with Crippen molar-refractivity contribution in [3.63, 3.8) is 0 Å². The first kappa shape index (κ1) is 14.0. The Morgan fingerprint density at radius 1 is 1.20 bits per heavy atom. The summed E-state index contributed by atoms with van der Waals surface area (Å²) in [4.78, 5) is 22.2. The van der Waals surface area contributed by atoms with Crippen molar-refractivity contribution in [1.82, 2.24) is 9.13 Å². The topological polar surface area (TPSA) is 70.1 Å². The molecule has 1 aromatic heterocycles. The Balaban J connectivity index is 2.05. The van der Waals surface area contributed by atoms with Gasteiger partial charge in [-0.1, -0.05) is 12.1 Å². The molecule has 2 rings (SSSR count). The highest BCUT2D eigenvalue weighted by Gasteiger charge is 2.07. The minimum absolute atomic E-state index is 0.0260. The van der Waals surface area contributed by atoms with Crippen molar-refractivity contribution in [2.75, 3.05) is 0 Å². The molecular weight excluding hydrogens is 258 g/mol. The number of nitro benzene ring substituents is 1. The maximum Gasteiger partial charge on any atom is 0.328 e. The van der Waals surface area contributed by atoms with Gasteiger partial charge in [0.05, 0.1) is 4.92 Å². The summed E-state index contributed by atoms with van der Waals surface area (Å²) in [5.41, 5.74) is 1.03. The van der Waals surface area contributed by atoms with E-state index in [2.05, 4.69) is 0 Å². The molecule has 0 N–H and O–H groups in total. The number of nitro groups is 1. The average molecular weight is 275 g/mol. The molecule has 2 aromatic rings. The molecule has 1 aromatic carbocycles. The standard InChI is InChI=1S/C14H17N3O3/c1-11(2)16-10-9-15(14(16)18)8-7-12-3-5-13(6-4-12)17(19)20/h3-6,9-11H,7-8H2,1-2H3. The van der Waals surface area contributed by atoms with E-state index in [0.29, 0.717) is 13.0 Å². The minimum Gasteiger partial charge on any atom is -0.299 e. The van der Waals surface area contributed by atoms with Crippen LogP contribution in [0.25, 0.3) is 0 Å². The van der Waals surface area contributed by atoms with Gasteiger partial charge in [-0.15, -0.1) is 0 Å². The molecule has 0 bridgehead atoms. The van der Waals surface area contributed by atoms with E-state index < -0.39 is 4.92 Å². The summed E-state index contributed by atoms with van der Waals surface area (Å²) in [7, 11) is 0. The number of imidazole rings is 1. The molecule has 0 aliphatic rings. The molecule has 20 heavy (non-hydrogen) atoms. The largest absolute Gasteiger partial charge is 0.328 e. The number of hydrogen-bond donors (Lipinski definition) is 0. The number of nitrogens with zero attached hydrogens (tertiary/aromatic N) is 3. The predicted octanol–water partition coefficient (Wildman–Crippen LogP) is 2.38. The van der Waals surface area contributed by atoms with Crippen LogP contribution in [-0.2, 0) is 13.0 Å². The maximum absolute atomic E-state index is 12.0. The van der Waals surface area contributed by atoms with Gasteiger partial charge in [0.25, 0.3) is 5.69 Å². The van der Waals surface area contributed by atoms with Crippen LogP contribution in [0.4, 0.5) is 5.69 Å². The van der Waals surface area contributed by atoms with E-state index >= 15 is 0 Å². The minimum atomic E-state index is -0.420. The third kappa shape index (κ3) is 2.96. The molecule has 0 fully saturated rings. The summed E-state index contributed by atoms with van der Waals surface area (Å²) in [6.45, 7) is 4.49. The van der Waals surface area contributed by atoms with Crippen LogP contribution < -0.4 is 5.69 Å². The van der Waals surface area contributed by atoms with Gasteiger partial charge in [0, 0.05) is 37.1 Å². The van der Waals surface area contributed by atoms with Crippen molar-refractivity contribution in [1.29, 1.82) is 0 Å². The van der Waals surface area contributed by atoms with Crippen molar-refractivity contribution >= 4 is 5.69 Å². The fourth-order valence-electron chi connectivity index (χ4n) is 2.03. The molecule has 6 nitrogen and oxygen atoms in total. The van der Waals surface area contributed by atoms with E-state index in [0.717, 1.165) is 5.56 Å². The Morgan fingerprint density at radius 2 is 1.85 bits per heavy atom. The summed E-state index contributed by atoms with van der Waals surface area (Å²) in [5, 5.41) is 10.6. The second kappa shape index (κ2) is 5.73. The van der Waals surface area contributed by atoms with Gasteiger partial charge >= 0.3 is 5.69 Å². The van der Waals surface area contributed by atoms with Crippen LogP contribution in [0, 0.1) is 10.1 Å². The maximum atomic E-state index is 12.0. The highest BCUT2D eigenvalue weighted by Crippen LogP contribution is 2.12. The molecule has 6 heteroatoms. The number of aromatic nitrogens is 2. The zero-order valence-electron chi connectivity index (χ0n) is 11.5. The van der Waals surface area contributed by atoms with Gasteiger partial charge in [0.2, 0.25) is 0 Å². The lowest BCUT2D eigenvalue weighted by Gasteiger charge is -2.05. The molecule has 0 saturated carbocycles. The monoisotopic (exact) mass is 275 g/mol. The van der Waals surface area contributed by atoms with E-state index in [9.17, 15) is 14.9 Å². The molecule has 0 spiro atoms. The molecule has 0 aliphatic heterocycles. The van der Waals surface area contributed by atoms with Crippen molar-refractivity contribution in [2.45, 2.75) is 32.9 Å². The van der Waals surface area contributed by atoms with E-state index in [1.54, 1.807) is 33.7 Å². The van der Waals surface area contributed by atoms with Crippen molar-refractivity contribution < 1.29 is 4.92 Å². The van der Waals surface area contributed by atoms with Crippen molar-refractivity contribution in [2.24, 2.45) is 0 Å². The van der Waals surface area contributed by atoms with Gasteiger partial charge in [-0.3, -0.25) is 19.2 Å². The van der Waals surface area contributed by atoms with Gasteiger partial charge in [-0.05, 0) is 25.8 Å². The second-order valence-electron chi connectivity index (χ2n) is 4.95. The van der Waals surface area contributed by atoms with Gasteiger partial charge in [-0.2, -0.15) is 0 Å². The second-order valence-corrected chi connectivity index (χ2v) is 4.95. The van der Waals surface area contributed by atoms with Gasteiger partial charge < -0.3 is 0 Å². The van der Waals surface area contributed by atoms with E-state index in [1.807, 2.05) is 13.8 Å². The fourth-order valence-corrected chi connectivity index (χ4v) is 2.03. The lowest BCUT2D eigenvalue weighted by Crippen LogP contribution is -2.25. The van der Waals surface area contributed by atoms with Crippen LogP contribution in [0.3, 0.4) is 0 Å².